The molecule has 0 N–H and O–H groups in total. The molecule has 2 aromatic heterocycles. The Kier molecular flexibility index (Phi) is 5.39. The van der Waals surface area contributed by atoms with Crippen LogP contribution in [0.25, 0.3) is 22.4 Å². The second-order valence-corrected chi connectivity index (χ2v) is 7.15. The van der Waals surface area contributed by atoms with Gasteiger partial charge in [-0.1, -0.05) is 42.2 Å². The molecule has 2 heterocycles. The first-order valence-corrected chi connectivity index (χ1v) is 9.98. The van der Waals surface area contributed by atoms with Gasteiger partial charge in [0.25, 0.3) is 5.56 Å². The fourth-order valence-electron chi connectivity index (χ4n) is 2.84. The summed E-state index contributed by atoms with van der Waals surface area (Å²) in [6.07, 6.45) is 3.51. The van der Waals surface area contributed by atoms with Crippen molar-refractivity contribution in [3.8, 4) is 22.9 Å². The van der Waals surface area contributed by atoms with Gasteiger partial charge in [0.2, 0.25) is 4.96 Å². The summed E-state index contributed by atoms with van der Waals surface area (Å²) in [4.78, 5) is 17.9. The zero-order valence-electron chi connectivity index (χ0n) is 15.9. The molecule has 29 heavy (non-hydrogen) atoms. The van der Waals surface area contributed by atoms with E-state index in [1.807, 2.05) is 61.5 Å². The second kappa shape index (κ2) is 8.28. The molecule has 4 rings (SSSR count). The van der Waals surface area contributed by atoms with Gasteiger partial charge in [-0.2, -0.15) is 9.50 Å². The van der Waals surface area contributed by atoms with Gasteiger partial charge in [0, 0.05) is 11.1 Å². The number of ether oxygens (including phenoxy) is 2. The van der Waals surface area contributed by atoms with E-state index in [9.17, 15) is 4.79 Å². The van der Waals surface area contributed by atoms with E-state index in [4.69, 9.17) is 9.47 Å². The summed E-state index contributed by atoms with van der Waals surface area (Å²) in [5.41, 5.74) is 1.48. The Morgan fingerprint density at radius 2 is 1.93 bits per heavy atom. The zero-order chi connectivity index (χ0) is 20.2. The van der Waals surface area contributed by atoms with Crippen LogP contribution in [-0.4, -0.2) is 27.8 Å². The van der Waals surface area contributed by atoms with Crippen molar-refractivity contribution in [2.45, 2.75) is 6.92 Å². The number of hydrogen-bond acceptors (Lipinski definition) is 6. The van der Waals surface area contributed by atoms with Crippen molar-refractivity contribution in [3.05, 3.63) is 81.6 Å². The summed E-state index contributed by atoms with van der Waals surface area (Å²) < 4.78 is 13.0. The largest absolute Gasteiger partial charge is 0.493 e. The fourth-order valence-corrected chi connectivity index (χ4v) is 3.74. The Bertz CT molecular complexity index is 1260. The maximum atomic E-state index is 12.8. The van der Waals surface area contributed by atoms with Crippen LogP contribution >= 0.6 is 11.3 Å². The first-order chi connectivity index (χ1) is 14.2. The third kappa shape index (κ3) is 3.90. The average molecular weight is 405 g/mol. The van der Waals surface area contributed by atoms with Crippen molar-refractivity contribution in [2.75, 3.05) is 13.2 Å². The topological polar surface area (TPSA) is 65.7 Å². The van der Waals surface area contributed by atoms with Crippen LogP contribution in [0.15, 0.2) is 66.0 Å². The SMILES string of the molecule is C=CCOc1ccc(-c2nc3s/c(=C/c4ccccc4OCC)c(=O)n3n2)cc1. The van der Waals surface area contributed by atoms with Crippen LogP contribution in [0, 0.1) is 0 Å². The van der Waals surface area contributed by atoms with E-state index in [1.54, 1.807) is 6.08 Å². The fraction of sp³-hybridized carbons (Fsp3) is 0.136. The molecule has 7 heteroatoms. The number of hydrogen-bond donors (Lipinski definition) is 0. The Balaban J connectivity index is 1.68. The van der Waals surface area contributed by atoms with Gasteiger partial charge in [0.05, 0.1) is 11.1 Å². The van der Waals surface area contributed by atoms with E-state index < -0.39 is 0 Å². The van der Waals surface area contributed by atoms with Crippen LogP contribution < -0.4 is 19.6 Å². The minimum Gasteiger partial charge on any atom is -0.493 e. The highest BCUT2D eigenvalue weighted by Crippen LogP contribution is 2.21. The molecule has 0 aliphatic rings. The van der Waals surface area contributed by atoms with E-state index in [0.717, 1.165) is 22.6 Å². The van der Waals surface area contributed by atoms with Gasteiger partial charge in [-0.25, -0.2) is 0 Å². The minimum absolute atomic E-state index is 0.194. The molecule has 0 saturated carbocycles. The Labute approximate surface area is 171 Å². The summed E-state index contributed by atoms with van der Waals surface area (Å²) >= 11 is 1.31. The lowest BCUT2D eigenvalue weighted by atomic mass is 10.2. The van der Waals surface area contributed by atoms with Gasteiger partial charge in [0.1, 0.15) is 18.1 Å². The molecule has 2 aromatic carbocycles. The highest BCUT2D eigenvalue weighted by Gasteiger charge is 2.12. The summed E-state index contributed by atoms with van der Waals surface area (Å²) in [6.45, 7) is 6.57. The molecule has 4 aromatic rings. The quantitative estimate of drug-likeness (QED) is 0.441. The van der Waals surface area contributed by atoms with Crippen molar-refractivity contribution in [3.63, 3.8) is 0 Å². The van der Waals surface area contributed by atoms with Crippen molar-refractivity contribution in [1.82, 2.24) is 14.6 Å². The third-order valence-electron chi connectivity index (χ3n) is 4.17. The number of benzene rings is 2. The number of fused-ring (bicyclic) bond motifs is 1. The first-order valence-electron chi connectivity index (χ1n) is 9.17. The molecular formula is C22H19N3O3S. The zero-order valence-corrected chi connectivity index (χ0v) is 16.7. The molecule has 0 atom stereocenters. The number of aromatic nitrogens is 3. The third-order valence-corrected chi connectivity index (χ3v) is 5.13. The highest BCUT2D eigenvalue weighted by atomic mass is 32.1. The predicted molar refractivity (Wildman–Crippen MR) is 115 cm³/mol. The molecule has 0 radical (unpaired) electrons. The van der Waals surface area contributed by atoms with E-state index in [2.05, 4.69) is 16.7 Å². The lowest BCUT2D eigenvalue weighted by Gasteiger charge is -2.05. The summed E-state index contributed by atoms with van der Waals surface area (Å²) in [6, 6.07) is 15.0. The molecule has 0 unspecified atom stereocenters. The average Bonchev–Trinajstić information content (AvgIpc) is 3.28. The standard InChI is InChI=1S/C22H19N3O3S/c1-3-13-28-17-11-9-15(10-12-17)20-23-22-25(24-20)21(26)19(29-22)14-16-7-5-6-8-18(16)27-4-2/h3,5-12,14H,1,4,13H2,2H3/b19-14+. The maximum Gasteiger partial charge on any atom is 0.291 e. The van der Waals surface area contributed by atoms with Gasteiger partial charge in [-0.05, 0) is 43.3 Å². The first kappa shape index (κ1) is 18.9. The van der Waals surface area contributed by atoms with Gasteiger partial charge in [-0.15, -0.1) is 5.10 Å². The van der Waals surface area contributed by atoms with Crippen LogP contribution in [0.5, 0.6) is 11.5 Å². The molecule has 0 fully saturated rings. The Morgan fingerprint density at radius 3 is 2.66 bits per heavy atom. The van der Waals surface area contributed by atoms with Crippen LogP contribution in [0.2, 0.25) is 0 Å². The van der Waals surface area contributed by atoms with E-state index in [-0.39, 0.29) is 5.56 Å². The summed E-state index contributed by atoms with van der Waals surface area (Å²) in [5, 5.41) is 4.39. The van der Waals surface area contributed by atoms with E-state index in [0.29, 0.717) is 28.5 Å². The van der Waals surface area contributed by atoms with Crippen LogP contribution in [0.1, 0.15) is 12.5 Å². The summed E-state index contributed by atoms with van der Waals surface area (Å²) in [7, 11) is 0. The Hall–Kier alpha value is -3.45. The molecule has 0 saturated heterocycles. The molecule has 0 aliphatic heterocycles. The van der Waals surface area contributed by atoms with E-state index >= 15 is 0 Å². The lowest BCUT2D eigenvalue weighted by Crippen LogP contribution is -2.23. The molecule has 0 amide bonds. The molecule has 6 nitrogen and oxygen atoms in total. The van der Waals surface area contributed by atoms with Crippen LogP contribution in [0.3, 0.4) is 0 Å². The second-order valence-electron chi connectivity index (χ2n) is 6.14. The van der Waals surface area contributed by atoms with Gasteiger partial charge < -0.3 is 9.47 Å². The molecule has 0 bridgehead atoms. The predicted octanol–water partition coefficient (Wildman–Crippen LogP) is 3.33. The number of thiazole rings is 1. The number of nitrogens with zero attached hydrogens (tertiary/aromatic N) is 3. The van der Waals surface area contributed by atoms with Crippen LogP contribution in [-0.2, 0) is 0 Å². The van der Waals surface area contributed by atoms with Crippen molar-refractivity contribution in [2.24, 2.45) is 0 Å². The van der Waals surface area contributed by atoms with Gasteiger partial charge in [0.15, 0.2) is 5.82 Å². The smallest absolute Gasteiger partial charge is 0.291 e. The van der Waals surface area contributed by atoms with Crippen LogP contribution in [0.4, 0.5) is 0 Å². The molecule has 0 aliphatic carbocycles. The number of para-hydroxylation sites is 1. The molecule has 146 valence electrons. The normalized spacial score (nSPS) is 11.7. The van der Waals surface area contributed by atoms with Crippen molar-refractivity contribution in [1.29, 1.82) is 0 Å². The summed E-state index contributed by atoms with van der Waals surface area (Å²) in [5.74, 6) is 1.99. The lowest BCUT2D eigenvalue weighted by molar-refractivity contribution is 0.339. The maximum absolute atomic E-state index is 12.8. The molecular weight excluding hydrogens is 386 g/mol. The number of rotatable bonds is 7. The van der Waals surface area contributed by atoms with Gasteiger partial charge in [-0.3, -0.25) is 4.79 Å². The highest BCUT2D eigenvalue weighted by molar-refractivity contribution is 7.15. The molecule has 0 spiro atoms. The minimum atomic E-state index is -0.194. The van der Waals surface area contributed by atoms with Gasteiger partial charge >= 0.3 is 0 Å². The van der Waals surface area contributed by atoms with Crippen molar-refractivity contribution < 1.29 is 9.47 Å². The van der Waals surface area contributed by atoms with Crippen molar-refractivity contribution >= 4 is 22.4 Å². The Morgan fingerprint density at radius 1 is 1.14 bits per heavy atom. The van der Waals surface area contributed by atoms with E-state index in [1.165, 1.54) is 15.9 Å². The monoisotopic (exact) mass is 405 g/mol.